The Kier molecular flexibility index (Phi) is 7.56. The Labute approximate surface area is 200 Å². The zero-order valence-electron chi connectivity index (χ0n) is 20.1. The van der Waals surface area contributed by atoms with E-state index in [2.05, 4.69) is 11.9 Å². The van der Waals surface area contributed by atoms with Crippen LogP contribution in [0.1, 0.15) is 23.6 Å². The van der Waals surface area contributed by atoms with Crippen LogP contribution in [0.5, 0.6) is 17.2 Å². The predicted octanol–water partition coefficient (Wildman–Crippen LogP) is 3.58. The van der Waals surface area contributed by atoms with Gasteiger partial charge in [-0.1, -0.05) is 23.8 Å². The molecule has 0 spiro atoms. The lowest BCUT2D eigenvalue weighted by Gasteiger charge is -2.32. The van der Waals surface area contributed by atoms with Gasteiger partial charge in [0.05, 0.1) is 33.0 Å². The largest absolute Gasteiger partial charge is 0.493 e. The lowest BCUT2D eigenvalue weighted by atomic mass is 10.0. The van der Waals surface area contributed by atoms with Crippen LogP contribution in [-0.4, -0.2) is 48.2 Å². The molecule has 1 aliphatic heterocycles. The van der Waals surface area contributed by atoms with Gasteiger partial charge in [-0.15, -0.1) is 6.58 Å². The second-order valence-electron chi connectivity index (χ2n) is 7.88. The Hall–Kier alpha value is -3.46. The summed E-state index contributed by atoms with van der Waals surface area (Å²) in [6, 6.07) is 9.08. The zero-order chi connectivity index (χ0) is 25.0. The van der Waals surface area contributed by atoms with Gasteiger partial charge in [-0.05, 0) is 44.0 Å². The SMILES string of the molecule is C=CCN1c2cc(OC)c(OC)cc2C(C)=C(C(=O)NCCOc2ccc(C)cc2C)S1(=O)=O. The molecule has 0 saturated heterocycles. The van der Waals surface area contributed by atoms with Crippen molar-refractivity contribution in [2.24, 2.45) is 0 Å². The molecule has 0 unspecified atom stereocenters. The third kappa shape index (κ3) is 4.75. The number of carbonyl (C=O) groups excluding carboxylic acids is 1. The van der Waals surface area contributed by atoms with Crippen LogP contribution in [-0.2, 0) is 14.8 Å². The second-order valence-corrected chi connectivity index (χ2v) is 9.68. The molecule has 0 fully saturated rings. The van der Waals surface area contributed by atoms with Crippen LogP contribution in [0.4, 0.5) is 5.69 Å². The quantitative estimate of drug-likeness (QED) is 0.430. The van der Waals surface area contributed by atoms with E-state index in [1.54, 1.807) is 19.1 Å². The van der Waals surface area contributed by atoms with E-state index in [4.69, 9.17) is 14.2 Å². The molecule has 8 nitrogen and oxygen atoms in total. The highest BCUT2D eigenvalue weighted by Gasteiger charge is 2.39. The number of nitrogens with one attached hydrogen (secondary N) is 1. The zero-order valence-corrected chi connectivity index (χ0v) is 20.9. The molecular weight excluding hydrogens is 456 g/mol. The molecule has 2 aromatic rings. The van der Waals surface area contributed by atoms with Crippen molar-refractivity contribution in [3.05, 3.63) is 64.6 Å². The van der Waals surface area contributed by atoms with E-state index in [-0.39, 0.29) is 24.6 Å². The normalized spacial score (nSPS) is 14.3. The number of aryl methyl sites for hydroxylation is 2. The first-order chi connectivity index (χ1) is 16.1. The van der Waals surface area contributed by atoms with Crippen LogP contribution in [0.3, 0.4) is 0 Å². The number of anilines is 1. The first-order valence-electron chi connectivity index (χ1n) is 10.7. The monoisotopic (exact) mass is 486 g/mol. The molecule has 0 aromatic heterocycles. The minimum atomic E-state index is -4.14. The van der Waals surface area contributed by atoms with E-state index in [0.29, 0.717) is 34.1 Å². The molecule has 0 aliphatic carbocycles. The summed E-state index contributed by atoms with van der Waals surface area (Å²) in [7, 11) is -1.17. The van der Waals surface area contributed by atoms with Gasteiger partial charge < -0.3 is 19.5 Å². The van der Waals surface area contributed by atoms with Crippen LogP contribution in [0.15, 0.2) is 47.9 Å². The maximum atomic E-state index is 13.5. The number of fused-ring (bicyclic) bond motifs is 1. The van der Waals surface area contributed by atoms with Gasteiger partial charge in [-0.25, -0.2) is 8.42 Å². The van der Waals surface area contributed by atoms with Crippen molar-refractivity contribution in [1.29, 1.82) is 0 Å². The van der Waals surface area contributed by atoms with Crippen molar-refractivity contribution in [1.82, 2.24) is 5.32 Å². The van der Waals surface area contributed by atoms with Crippen molar-refractivity contribution in [2.75, 3.05) is 38.2 Å². The first-order valence-corrected chi connectivity index (χ1v) is 12.2. The average Bonchev–Trinajstić information content (AvgIpc) is 2.79. The van der Waals surface area contributed by atoms with Gasteiger partial charge in [0, 0.05) is 11.6 Å². The van der Waals surface area contributed by atoms with Gasteiger partial charge in [0.25, 0.3) is 15.9 Å². The summed E-state index contributed by atoms with van der Waals surface area (Å²) in [5, 5.41) is 2.67. The number of hydrogen-bond acceptors (Lipinski definition) is 6. The van der Waals surface area contributed by atoms with E-state index in [9.17, 15) is 13.2 Å². The molecule has 0 atom stereocenters. The fourth-order valence-electron chi connectivity index (χ4n) is 3.90. The molecule has 34 heavy (non-hydrogen) atoms. The molecular formula is C25H30N2O6S. The highest BCUT2D eigenvalue weighted by atomic mass is 32.2. The topological polar surface area (TPSA) is 94.2 Å². The standard InChI is InChI=1S/C25H30N2O6S/c1-7-11-27-20-15-23(32-6)22(31-5)14-19(20)18(4)24(34(27,29)30)25(28)26-10-12-33-21-9-8-16(2)13-17(21)3/h7-9,13-15H,1,10-12H2,2-6H3,(H,26,28). The summed E-state index contributed by atoms with van der Waals surface area (Å²) in [5.74, 6) is 0.832. The summed E-state index contributed by atoms with van der Waals surface area (Å²) >= 11 is 0. The minimum Gasteiger partial charge on any atom is -0.493 e. The van der Waals surface area contributed by atoms with Crippen LogP contribution in [0, 0.1) is 13.8 Å². The summed E-state index contributed by atoms with van der Waals surface area (Å²) in [6.07, 6.45) is 1.46. The number of ether oxygens (including phenoxy) is 3. The second kappa shape index (κ2) is 10.2. The van der Waals surface area contributed by atoms with Crippen molar-refractivity contribution in [3.63, 3.8) is 0 Å². The molecule has 0 radical (unpaired) electrons. The third-order valence-electron chi connectivity index (χ3n) is 5.54. The van der Waals surface area contributed by atoms with Gasteiger partial charge in [0.15, 0.2) is 16.4 Å². The Balaban J connectivity index is 1.89. The summed E-state index contributed by atoms with van der Waals surface area (Å²) in [4.78, 5) is 12.8. The number of methoxy groups -OCH3 is 2. The Morgan fingerprint density at radius 1 is 1.06 bits per heavy atom. The van der Waals surface area contributed by atoms with Crippen molar-refractivity contribution >= 4 is 27.2 Å². The molecule has 182 valence electrons. The van der Waals surface area contributed by atoms with E-state index in [0.717, 1.165) is 15.4 Å². The molecule has 9 heteroatoms. The number of nitrogens with zero attached hydrogens (tertiary/aromatic N) is 1. The number of allylic oxidation sites excluding steroid dienone is 1. The molecule has 0 saturated carbocycles. The van der Waals surface area contributed by atoms with Gasteiger partial charge in [-0.2, -0.15) is 0 Å². The Bertz CT molecular complexity index is 1250. The highest BCUT2D eigenvalue weighted by Crippen LogP contribution is 2.44. The van der Waals surface area contributed by atoms with Crippen molar-refractivity contribution in [3.8, 4) is 17.2 Å². The molecule has 1 heterocycles. The summed E-state index contributed by atoms with van der Waals surface area (Å²) < 4.78 is 44.5. The van der Waals surface area contributed by atoms with Crippen LogP contribution in [0.2, 0.25) is 0 Å². The minimum absolute atomic E-state index is 0.00924. The van der Waals surface area contributed by atoms with Crippen molar-refractivity contribution < 1.29 is 27.4 Å². The van der Waals surface area contributed by atoms with E-state index >= 15 is 0 Å². The lowest BCUT2D eigenvalue weighted by molar-refractivity contribution is -0.116. The van der Waals surface area contributed by atoms with E-state index < -0.39 is 15.9 Å². The predicted molar refractivity (Wildman–Crippen MR) is 133 cm³/mol. The van der Waals surface area contributed by atoms with Gasteiger partial charge in [-0.3, -0.25) is 9.10 Å². The third-order valence-corrected chi connectivity index (χ3v) is 7.47. The van der Waals surface area contributed by atoms with E-state index in [1.807, 2.05) is 32.0 Å². The number of rotatable bonds is 9. The molecule has 3 rings (SSSR count). The number of sulfonamides is 1. The van der Waals surface area contributed by atoms with Gasteiger partial charge in [0.2, 0.25) is 0 Å². The van der Waals surface area contributed by atoms with Crippen LogP contribution < -0.4 is 23.8 Å². The lowest BCUT2D eigenvalue weighted by Crippen LogP contribution is -2.42. The van der Waals surface area contributed by atoms with Crippen LogP contribution >= 0.6 is 0 Å². The molecule has 1 amide bonds. The fraction of sp³-hybridized carbons (Fsp3) is 0.320. The average molecular weight is 487 g/mol. The maximum absolute atomic E-state index is 13.5. The first kappa shape index (κ1) is 25.2. The van der Waals surface area contributed by atoms with E-state index in [1.165, 1.54) is 20.3 Å². The number of benzene rings is 2. The highest BCUT2D eigenvalue weighted by molar-refractivity contribution is 7.97. The van der Waals surface area contributed by atoms with Gasteiger partial charge in [0.1, 0.15) is 12.4 Å². The van der Waals surface area contributed by atoms with Crippen LogP contribution in [0.25, 0.3) is 5.57 Å². The summed E-state index contributed by atoms with van der Waals surface area (Å²) in [6.45, 7) is 9.53. The smallest absolute Gasteiger partial charge is 0.270 e. The Morgan fingerprint density at radius 2 is 1.74 bits per heavy atom. The number of amides is 1. The number of carbonyl (C=O) groups is 1. The fourth-order valence-corrected chi connectivity index (χ4v) is 5.63. The van der Waals surface area contributed by atoms with Crippen molar-refractivity contribution in [2.45, 2.75) is 20.8 Å². The summed E-state index contributed by atoms with van der Waals surface area (Å²) in [5.41, 5.74) is 3.39. The molecule has 0 bridgehead atoms. The molecule has 1 N–H and O–H groups in total. The molecule has 1 aliphatic rings. The van der Waals surface area contributed by atoms with Gasteiger partial charge >= 0.3 is 0 Å². The molecule has 2 aromatic carbocycles. The Morgan fingerprint density at radius 3 is 2.35 bits per heavy atom. The number of hydrogen-bond donors (Lipinski definition) is 1. The maximum Gasteiger partial charge on any atom is 0.270 e.